The van der Waals surface area contributed by atoms with Crippen LogP contribution in [0.15, 0.2) is 79.6 Å². The molecule has 1 aliphatic rings. The van der Waals surface area contributed by atoms with Gasteiger partial charge in [0.1, 0.15) is 11.5 Å². The maximum absolute atomic E-state index is 13.5. The summed E-state index contributed by atoms with van der Waals surface area (Å²) in [7, 11) is 1.62. The van der Waals surface area contributed by atoms with Gasteiger partial charge in [-0.05, 0) is 36.6 Å². The van der Waals surface area contributed by atoms with E-state index in [4.69, 9.17) is 14.5 Å². The fourth-order valence-corrected chi connectivity index (χ4v) is 4.41. The number of aromatic nitrogens is 4. The number of methoxy groups -OCH3 is 1. The number of benzene rings is 2. The second-order valence-electron chi connectivity index (χ2n) is 8.55. The molecular formula is C27H27N5O3. The number of carbonyl (C=O) groups is 1. The van der Waals surface area contributed by atoms with Gasteiger partial charge in [-0.15, -0.1) is 0 Å². The molecule has 0 N–H and O–H groups in total. The Kier molecular flexibility index (Phi) is 6.70. The van der Waals surface area contributed by atoms with Crippen molar-refractivity contribution in [1.82, 2.24) is 24.4 Å². The number of amides is 1. The van der Waals surface area contributed by atoms with E-state index in [0.717, 1.165) is 36.2 Å². The van der Waals surface area contributed by atoms with E-state index in [1.165, 1.54) is 0 Å². The molecule has 35 heavy (non-hydrogen) atoms. The number of hydrogen-bond acceptors (Lipinski definition) is 6. The highest BCUT2D eigenvalue weighted by molar-refractivity contribution is 5.95. The van der Waals surface area contributed by atoms with Gasteiger partial charge >= 0.3 is 0 Å². The highest BCUT2D eigenvalue weighted by atomic mass is 16.5. The van der Waals surface area contributed by atoms with Crippen molar-refractivity contribution in [2.75, 3.05) is 20.2 Å². The van der Waals surface area contributed by atoms with Crippen molar-refractivity contribution in [2.45, 2.75) is 25.3 Å². The van der Waals surface area contributed by atoms with Crippen LogP contribution in [0.1, 0.15) is 40.4 Å². The highest BCUT2D eigenvalue weighted by Gasteiger charge is 2.28. The number of ether oxygens (including phenoxy) is 2. The normalized spacial score (nSPS) is 15.6. The van der Waals surface area contributed by atoms with E-state index in [1.807, 2.05) is 58.1 Å². The summed E-state index contributed by atoms with van der Waals surface area (Å²) in [5.74, 6) is 1.90. The molecule has 1 saturated heterocycles. The monoisotopic (exact) mass is 469 g/mol. The van der Waals surface area contributed by atoms with Crippen LogP contribution in [0.5, 0.6) is 17.4 Å². The van der Waals surface area contributed by atoms with Gasteiger partial charge < -0.3 is 18.9 Å². The summed E-state index contributed by atoms with van der Waals surface area (Å²) in [4.78, 5) is 28.6. The first-order valence-electron chi connectivity index (χ1n) is 11.7. The fraction of sp³-hybridized carbons (Fsp3) is 0.259. The van der Waals surface area contributed by atoms with E-state index >= 15 is 0 Å². The molecule has 0 spiro atoms. The van der Waals surface area contributed by atoms with Gasteiger partial charge in [0.2, 0.25) is 5.88 Å². The molecule has 1 aliphatic heterocycles. The summed E-state index contributed by atoms with van der Waals surface area (Å²) in [6.07, 6.45) is 10.6. The third-order valence-corrected chi connectivity index (χ3v) is 6.18. The quantitative estimate of drug-likeness (QED) is 0.395. The van der Waals surface area contributed by atoms with Gasteiger partial charge in [0.15, 0.2) is 0 Å². The summed E-state index contributed by atoms with van der Waals surface area (Å²) in [5.41, 5.74) is 2.53. The minimum Gasteiger partial charge on any atom is -0.497 e. The summed E-state index contributed by atoms with van der Waals surface area (Å²) in [5, 5.41) is 0. The molecule has 4 aromatic rings. The van der Waals surface area contributed by atoms with Crippen LogP contribution in [0, 0.1) is 0 Å². The molecule has 0 saturated carbocycles. The standard InChI is InChI=1S/C27H27N5O3/c1-34-22-8-4-9-23(14-22)35-26-16-29-15-25(30-26)21-7-5-12-32(18-21)27(33)24-10-3-2-6-20(24)17-31-13-11-28-19-31/h2-4,6,8-11,13-16,19,21H,5,7,12,17-18H2,1H3/t21-/m1/s1. The van der Waals surface area contributed by atoms with Crippen LogP contribution in [0.2, 0.25) is 0 Å². The Morgan fingerprint density at radius 2 is 1.97 bits per heavy atom. The summed E-state index contributed by atoms with van der Waals surface area (Å²) < 4.78 is 13.1. The van der Waals surface area contributed by atoms with E-state index in [1.54, 1.807) is 38.1 Å². The largest absolute Gasteiger partial charge is 0.497 e. The lowest BCUT2D eigenvalue weighted by molar-refractivity contribution is 0.0704. The first-order chi connectivity index (χ1) is 17.2. The Labute approximate surface area is 204 Å². The van der Waals surface area contributed by atoms with E-state index in [0.29, 0.717) is 30.5 Å². The summed E-state index contributed by atoms with van der Waals surface area (Å²) >= 11 is 0. The highest BCUT2D eigenvalue weighted by Crippen LogP contribution is 2.29. The first kappa shape index (κ1) is 22.6. The Morgan fingerprint density at radius 3 is 2.83 bits per heavy atom. The Balaban J connectivity index is 1.31. The summed E-state index contributed by atoms with van der Waals surface area (Å²) in [6, 6.07) is 15.1. The topological polar surface area (TPSA) is 82.4 Å². The molecular weight excluding hydrogens is 442 g/mol. The third kappa shape index (κ3) is 5.32. The predicted molar refractivity (Wildman–Crippen MR) is 131 cm³/mol. The zero-order valence-electron chi connectivity index (χ0n) is 19.6. The van der Waals surface area contributed by atoms with Crippen LogP contribution in [0.4, 0.5) is 0 Å². The fourth-order valence-electron chi connectivity index (χ4n) is 4.41. The number of carbonyl (C=O) groups excluding carboxylic acids is 1. The Morgan fingerprint density at radius 1 is 1.09 bits per heavy atom. The minimum atomic E-state index is 0.0437. The number of piperidine rings is 1. The van der Waals surface area contributed by atoms with Crippen molar-refractivity contribution < 1.29 is 14.3 Å². The van der Waals surface area contributed by atoms with Crippen LogP contribution in [0.25, 0.3) is 0 Å². The molecule has 3 heterocycles. The van der Waals surface area contributed by atoms with Gasteiger partial charge in [-0.25, -0.2) is 9.97 Å². The van der Waals surface area contributed by atoms with Crippen molar-refractivity contribution >= 4 is 5.91 Å². The van der Waals surface area contributed by atoms with Crippen LogP contribution >= 0.6 is 0 Å². The number of nitrogens with zero attached hydrogens (tertiary/aromatic N) is 5. The number of likely N-dealkylation sites (tertiary alicyclic amines) is 1. The van der Waals surface area contributed by atoms with Gasteiger partial charge in [0.05, 0.1) is 25.3 Å². The van der Waals surface area contributed by atoms with Gasteiger partial charge in [0, 0.05) is 55.8 Å². The molecule has 178 valence electrons. The van der Waals surface area contributed by atoms with Gasteiger partial charge in [0.25, 0.3) is 5.91 Å². The Hall–Kier alpha value is -4.20. The molecule has 8 heteroatoms. The zero-order valence-corrected chi connectivity index (χ0v) is 19.6. The lowest BCUT2D eigenvalue weighted by Gasteiger charge is -2.33. The number of imidazole rings is 1. The maximum Gasteiger partial charge on any atom is 0.254 e. The lowest BCUT2D eigenvalue weighted by atomic mass is 9.94. The van der Waals surface area contributed by atoms with E-state index in [9.17, 15) is 4.79 Å². The SMILES string of the molecule is COc1cccc(Oc2cncc([C@@H]3CCCN(C(=O)c4ccccc4Cn4ccnc4)C3)n2)c1. The smallest absolute Gasteiger partial charge is 0.254 e. The maximum atomic E-state index is 13.5. The molecule has 2 aromatic heterocycles. The van der Waals surface area contributed by atoms with E-state index < -0.39 is 0 Å². The number of hydrogen-bond donors (Lipinski definition) is 0. The molecule has 0 radical (unpaired) electrons. The van der Waals surface area contributed by atoms with Crippen molar-refractivity contribution in [3.8, 4) is 17.4 Å². The second kappa shape index (κ2) is 10.4. The van der Waals surface area contributed by atoms with Crippen molar-refractivity contribution in [3.63, 3.8) is 0 Å². The molecule has 0 bridgehead atoms. The van der Waals surface area contributed by atoms with Crippen molar-refractivity contribution in [3.05, 3.63) is 96.5 Å². The van der Waals surface area contributed by atoms with Crippen molar-refractivity contribution in [2.24, 2.45) is 0 Å². The molecule has 5 rings (SSSR count). The van der Waals surface area contributed by atoms with E-state index in [2.05, 4.69) is 9.97 Å². The van der Waals surface area contributed by atoms with Gasteiger partial charge in [-0.1, -0.05) is 24.3 Å². The molecule has 0 unspecified atom stereocenters. The second-order valence-corrected chi connectivity index (χ2v) is 8.55. The molecule has 1 fully saturated rings. The van der Waals surface area contributed by atoms with Crippen LogP contribution in [-0.2, 0) is 6.54 Å². The van der Waals surface area contributed by atoms with Crippen molar-refractivity contribution in [1.29, 1.82) is 0 Å². The Bertz CT molecular complexity index is 1290. The molecule has 8 nitrogen and oxygen atoms in total. The molecule has 0 aliphatic carbocycles. The lowest BCUT2D eigenvalue weighted by Crippen LogP contribution is -2.39. The van der Waals surface area contributed by atoms with Crippen LogP contribution < -0.4 is 9.47 Å². The third-order valence-electron chi connectivity index (χ3n) is 6.18. The average Bonchev–Trinajstić information content (AvgIpc) is 3.42. The zero-order chi connectivity index (χ0) is 24.0. The molecule has 1 atom stereocenters. The van der Waals surface area contributed by atoms with Crippen LogP contribution in [0.3, 0.4) is 0 Å². The first-order valence-corrected chi connectivity index (χ1v) is 11.7. The average molecular weight is 470 g/mol. The molecule has 1 amide bonds. The van der Waals surface area contributed by atoms with Gasteiger partial charge in [-0.2, -0.15) is 0 Å². The number of rotatable bonds is 7. The van der Waals surface area contributed by atoms with E-state index in [-0.39, 0.29) is 11.8 Å². The summed E-state index contributed by atoms with van der Waals surface area (Å²) in [6.45, 7) is 1.92. The van der Waals surface area contributed by atoms with Crippen LogP contribution in [-0.4, -0.2) is 50.5 Å². The molecule has 2 aromatic carbocycles. The van der Waals surface area contributed by atoms with Gasteiger partial charge in [-0.3, -0.25) is 9.78 Å². The predicted octanol–water partition coefficient (Wildman–Crippen LogP) is 4.54. The minimum absolute atomic E-state index is 0.0437.